The van der Waals surface area contributed by atoms with Crippen LogP contribution in [0.5, 0.6) is 0 Å². The number of nitrogens with zero attached hydrogens (tertiary/aromatic N) is 1. The van der Waals surface area contributed by atoms with Crippen LogP contribution >= 0.6 is 11.3 Å². The molecule has 0 saturated carbocycles. The first-order valence-corrected chi connectivity index (χ1v) is 4.44. The van der Waals surface area contributed by atoms with Gasteiger partial charge in [-0.2, -0.15) is 0 Å². The molecule has 11 heavy (non-hydrogen) atoms. The van der Waals surface area contributed by atoms with E-state index >= 15 is 0 Å². The van der Waals surface area contributed by atoms with Crippen molar-refractivity contribution in [1.82, 2.24) is 4.98 Å². The van der Waals surface area contributed by atoms with E-state index in [-0.39, 0.29) is 0 Å². The molecule has 0 fully saturated rings. The summed E-state index contributed by atoms with van der Waals surface area (Å²) in [6.45, 7) is 11.3. The summed E-state index contributed by atoms with van der Waals surface area (Å²) in [7, 11) is 0. The van der Waals surface area contributed by atoms with E-state index < -0.39 is 0 Å². The summed E-state index contributed by atoms with van der Waals surface area (Å²) in [6.07, 6.45) is 3.64. The molecule has 0 spiro atoms. The van der Waals surface area contributed by atoms with E-state index in [1.807, 2.05) is 19.9 Å². The minimum Gasteiger partial charge on any atom is -0.245 e. The molecule has 0 aromatic carbocycles. The van der Waals surface area contributed by atoms with Crippen molar-refractivity contribution in [2.24, 2.45) is 0 Å². The maximum absolute atomic E-state index is 3.96. The lowest BCUT2D eigenvalue weighted by atomic mass is 10.5. The molecule has 1 aromatic heterocycles. The summed E-state index contributed by atoms with van der Waals surface area (Å²) in [5.41, 5.74) is 1.78. The molecule has 1 rings (SSSR count). The zero-order valence-electron chi connectivity index (χ0n) is 7.00. The zero-order chi connectivity index (χ0) is 8.69. The van der Waals surface area contributed by atoms with Crippen molar-refractivity contribution in [2.75, 3.05) is 0 Å². The van der Waals surface area contributed by atoms with Crippen molar-refractivity contribution in [1.29, 1.82) is 0 Å². The smallest absolute Gasteiger partial charge is 0.0805 e. The van der Waals surface area contributed by atoms with Crippen LogP contribution < -0.4 is 9.88 Å². The molecule has 0 bridgehead atoms. The molecule has 0 radical (unpaired) electrons. The number of hydrogen-bond acceptors (Lipinski definition) is 2. The van der Waals surface area contributed by atoms with Crippen molar-refractivity contribution in [2.45, 2.75) is 13.8 Å². The van der Waals surface area contributed by atoms with Crippen LogP contribution in [0.2, 0.25) is 0 Å². The summed E-state index contributed by atoms with van der Waals surface area (Å²) >= 11 is 1.57. The largest absolute Gasteiger partial charge is 0.245 e. The summed E-state index contributed by atoms with van der Waals surface area (Å²) in [5.74, 6) is 0. The summed E-state index contributed by atoms with van der Waals surface area (Å²) in [6, 6.07) is 0. The number of allylic oxidation sites excluding steroid dienone is 1. The number of hydrogen-bond donors (Lipinski definition) is 0. The third-order valence-electron chi connectivity index (χ3n) is 0.942. The summed E-state index contributed by atoms with van der Waals surface area (Å²) < 4.78 is 1.09. The highest BCUT2D eigenvalue weighted by molar-refractivity contribution is 7.07. The van der Waals surface area contributed by atoms with Gasteiger partial charge in [0, 0.05) is 0 Å². The lowest BCUT2D eigenvalue weighted by Crippen LogP contribution is -2.17. The van der Waals surface area contributed by atoms with Crippen LogP contribution in [-0.4, -0.2) is 4.98 Å². The molecule has 1 nitrogen and oxygen atoms in total. The first-order chi connectivity index (χ1) is 5.34. The molecular formula is C9H13NS. The highest BCUT2D eigenvalue weighted by Gasteiger charge is 1.79. The second-order valence-electron chi connectivity index (χ2n) is 1.57. The predicted octanol–water partition coefficient (Wildman–Crippen LogP) is 1.55. The van der Waals surface area contributed by atoms with E-state index in [2.05, 4.69) is 18.1 Å². The van der Waals surface area contributed by atoms with Crippen molar-refractivity contribution < 1.29 is 0 Å². The zero-order valence-corrected chi connectivity index (χ0v) is 7.82. The van der Waals surface area contributed by atoms with Gasteiger partial charge in [0.1, 0.15) is 0 Å². The van der Waals surface area contributed by atoms with Crippen molar-refractivity contribution >= 4 is 24.0 Å². The molecule has 1 aromatic rings. The Labute approximate surface area is 71.4 Å². The van der Waals surface area contributed by atoms with Crippen LogP contribution in [0.15, 0.2) is 18.2 Å². The Morgan fingerprint density at radius 2 is 2.18 bits per heavy atom. The third-order valence-corrected chi connectivity index (χ3v) is 1.78. The SMILES string of the molecule is C=C/C=c1/scnc1=C.CC. The fourth-order valence-corrected chi connectivity index (χ4v) is 1.18. The monoisotopic (exact) mass is 167 g/mol. The van der Waals surface area contributed by atoms with Crippen LogP contribution in [0.3, 0.4) is 0 Å². The quantitative estimate of drug-likeness (QED) is 0.618. The molecule has 0 unspecified atom stereocenters. The number of rotatable bonds is 1. The van der Waals surface area contributed by atoms with Crippen molar-refractivity contribution in [3.8, 4) is 0 Å². The van der Waals surface area contributed by atoms with Crippen molar-refractivity contribution in [3.05, 3.63) is 28.0 Å². The molecule has 0 aliphatic rings. The second kappa shape index (κ2) is 5.86. The Balaban J connectivity index is 0.000000461. The second-order valence-corrected chi connectivity index (χ2v) is 2.45. The fraction of sp³-hybridized carbons (Fsp3) is 0.222. The van der Waals surface area contributed by atoms with Gasteiger partial charge in [-0.25, -0.2) is 4.98 Å². The van der Waals surface area contributed by atoms with E-state index in [1.165, 1.54) is 0 Å². The first-order valence-electron chi connectivity index (χ1n) is 3.56. The Kier molecular flexibility index (Phi) is 5.39. The molecule has 0 N–H and O–H groups in total. The van der Waals surface area contributed by atoms with Gasteiger partial charge in [0.2, 0.25) is 0 Å². The first kappa shape index (κ1) is 10.1. The number of aromatic nitrogens is 1. The van der Waals surface area contributed by atoms with E-state index in [4.69, 9.17) is 0 Å². The van der Waals surface area contributed by atoms with Crippen molar-refractivity contribution in [3.63, 3.8) is 0 Å². The van der Waals surface area contributed by atoms with Gasteiger partial charge in [0.15, 0.2) is 0 Å². The highest BCUT2D eigenvalue weighted by Crippen LogP contribution is 1.75. The van der Waals surface area contributed by atoms with Gasteiger partial charge >= 0.3 is 0 Å². The van der Waals surface area contributed by atoms with Gasteiger partial charge in [-0.15, -0.1) is 11.3 Å². The Bertz CT molecular complexity index is 298. The van der Waals surface area contributed by atoms with Crippen LogP contribution in [0.1, 0.15) is 13.8 Å². The third kappa shape index (κ3) is 3.14. The summed E-state index contributed by atoms with van der Waals surface area (Å²) in [4.78, 5) is 3.96. The Morgan fingerprint density at radius 3 is 2.55 bits per heavy atom. The van der Waals surface area contributed by atoms with Gasteiger partial charge < -0.3 is 0 Å². The fourth-order valence-electron chi connectivity index (χ4n) is 0.521. The molecule has 60 valence electrons. The topological polar surface area (TPSA) is 12.9 Å². The Morgan fingerprint density at radius 1 is 1.55 bits per heavy atom. The molecule has 0 aliphatic carbocycles. The molecule has 0 aliphatic heterocycles. The maximum Gasteiger partial charge on any atom is 0.0805 e. The lowest BCUT2D eigenvalue weighted by Gasteiger charge is -1.67. The molecule has 0 saturated heterocycles. The van der Waals surface area contributed by atoms with E-state index in [1.54, 1.807) is 22.9 Å². The minimum atomic E-state index is 0.833. The van der Waals surface area contributed by atoms with Gasteiger partial charge in [0.25, 0.3) is 0 Å². The van der Waals surface area contributed by atoms with E-state index in [0.29, 0.717) is 0 Å². The molecule has 0 amide bonds. The molecule has 2 heteroatoms. The normalized spacial score (nSPS) is 10.2. The molecule has 0 atom stereocenters. The number of thiazole rings is 1. The highest BCUT2D eigenvalue weighted by atomic mass is 32.1. The summed E-state index contributed by atoms with van der Waals surface area (Å²) in [5, 5.41) is 0.833. The maximum atomic E-state index is 3.96. The van der Waals surface area contributed by atoms with Crippen LogP contribution in [0.4, 0.5) is 0 Å². The van der Waals surface area contributed by atoms with Gasteiger partial charge in [-0.1, -0.05) is 33.1 Å². The standard InChI is InChI=1S/C7H7NS.C2H6/c1-3-4-7-6(2)8-5-9-7;1-2/h3-5H,1-2H2;1-2H3/b7-4+;. The Hall–Kier alpha value is -0.890. The van der Waals surface area contributed by atoms with Gasteiger partial charge in [-0.05, 0) is 6.08 Å². The van der Waals surface area contributed by atoms with E-state index in [0.717, 1.165) is 9.88 Å². The molecule has 1 heterocycles. The minimum absolute atomic E-state index is 0.833. The van der Waals surface area contributed by atoms with Crippen LogP contribution in [0, 0.1) is 0 Å². The average molecular weight is 167 g/mol. The van der Waals surface area contributed by atoms with E-state index in [9.17, 15) is 0 Å². The predicted molar refractivity (Wildman–Crippen MR) is 52.9 cm³/mol. The average Bonchev–Trinajstić information content (AvgIpc) is 2.42. The molecular weight excluding hydrogens is 154 g/mol. The van der Waals surface area contributed by atoms with Crippen LogP contribution in [-0.2, 0) is 0 Å². The lowest BCUT2D eigenvalue weighted by molar-refractivity contribution is 1.33. The van der Waals surface area contributed by atoms with Gasteiger partial charge in [-0.3, -0.25) is 0 Å². The van der Waals surface area contributed by atoms with Gasteiger partial charge in [0.05, 0.1) is 15.4 Å². The van der Waals surface area contributed by atoms with Crippen LogP contribution in [0.25, 0.3) is 12.7 Å².